The molecule has 1 fully saturated rings. The van der Waals surface area contributed by atoms with E-state index >= 15 is 0 Å². The van der Waals surface area contributed by atoms with E-state index in [-0.39, 0.29) is 4.90 Å². The van der Waals surface area contributed by atoms with Crippen molar-refractivity contribution in [2.75, 3.05) is 12.4 Å². The Morgan fingerprint density at radius 3 is 2.77 bits per heavy atom. The van der Waals surface area contributed by atoms with Crippen LogP contribution in [0.1, 0.15) is 23.2 Å². The highest BCUT2D eigenvalue weighted by Gasteiger charge is 2.23. The van der Waals surface area contributed by atoms with Crippen molar-refractivity contribution in [2.24, 2.45) is 0 Å². The summed E-state index contributed by atoms with van der Waals surface area (Å²) in [5, 5.41) is 7.61. The molecule has 134 valence electrons. The summed E-state index contributed by atoms with van der Waals surface area (Å²) < 4.78 is 28.0. The molecule has 1 saturated carbocycles. The Labute approximate surface area is 150 Å². The van der Waals surface area contributed by atoms with Gasteiger partial charge in [-0.15, -0.1) is 0 Å². The SMILES string of the molecule is CNS(=O)(=O)c1cccc(-c2cc(NC3CC3)n3ncc(C=O)c3n2)c1. The zero-order valence-electron chi connectivity index (χ0n) is 14.0. The van der Waals surface area contributed by atoms with Crippen LogP contribution >= 0.6 is 0 Å². The fraction of sp³-hybridized carbons (Fsp3) is 0.235. The lowest BCUT2D eigenvalue weighted by Gasteiger charge is -2.11. The van der Waals surface area contributed by atoms with Crippen LogP contribution in [0.25, 0.3) is 16.9 Å². The molecule has 0 bridgehead atoms. The number of nitrogens with one attached hydrogen (secondary N) is 2. The van der Waals surface area contributed by atoms with E-state index in [9.17, 15) is 13.2 Å². The van der Waals surface area contributed by atoms with Gasteiger partial charge in [-0.2, -0.15) is 9.61 Å². The molecule has 9 heteroatoms. The maximum absolute atomic E-state index is 12.1. The van der Waals surface area contributed by atoms with E-state index in [1.54, 1.807) is 22.7 Å². The van der Waals surface area contributed by atoms with Gasteiger partial charge in [0.2, 0.25) is 10.0 Å². The number of aromatic nitrogens is 3. The summed E-state index contributed by atoms with van der Waals surface area (Å²) in [6.45, 7) is 0. The molecule has 0 spiro atoms. The van der Waals surface area contributed by atoms with Crippen molar-refractivity contribution in [3.63, 3.8) is 0 Å². The first-order chi connectivity index (χ1) is 12.5. The van der Waals surface area contributed by atoms with E-state index in [0.29, 0.717) is 34.8 Å². The fourth-order valence-corrected chi connectivity index (χ4v) is 3.47. The third-order valence-electron chi connectivity index (χ3n) is 4.26. The third-order valence-corrected chi connectivity index (χ3v) is 5.68. The maximum Gasteiger partial charge on any atom is 0.240 e. The van der Waals surface area contributed by atoms with E-state index < -0.39 is 10.0 Å². The van der Waals surface area contributed by atoms with Crippen LogP contribution in [0.3, 0.4) is 0 Å². The number of hydrogen-bond acceptors (Lipinski definition) is 6. The molecule has 8 nitrogen and oxygen atoms in total. The molecule has 1 aliphatic rings. The van der Waals surface area contributed by atoms with Gasteiger partial charge in [0, 0.05) is 17.7 Å². The molecule has 0 atom stereocenters. The van der Waals surface area contributed by atoms with Crippen molar-refractivity contribution in [3.8, 4) is 11.3 Å². The molecule has 2 heterocycles. The van der Waals surface area contributed by atoms with Gasteiger partial charge in [0.25, 0.3) is 0 Å². The van der Waals surface area contributed by atoms with Gasteiger partial charge in [-0.1, -0.05) is 12.1 Å². The molecule has 26 heavy (non-hydrogen) atoms. The van der Waals surface area contributed by atoms with E-state index in [1.165, 1.54) is 19.3 Å². The summed E-state index contributed by atoms with van der Waals surface area (Å²) >= 11 is 0. The van der Waals surface area contributed by atoms with Gasteiger partial charge in [0.05, 0.1) is 22.3 Å². The Hall–Kier alpha value is -2.78. The van der Waals surface area contributed by atoms with Crippen molar-refractivity contribution in [1.82, 2.24) is 19.3 Å². The first-order valence-corrected chi connectivity index (χ1v) is 9.64. The lowest BCUT2D eigenvalue weighted by molar-refractivity contribution is 0.112. The molecular weight excluding hydrogens is 354 g/mol. The maximum atomic E-state index is 12.1. The zero-order chi connectivity index (χ0) is 18.3. The van der Waals surface area contributed by atoms with Gasteiger partial charge in [-0.05, 0) is 32.0 Å². The van der Waals surface area contributed by atoms with E-state index in [2.05, 4.69) is 20.1 Å². The van der Waals surface area contributed by atoms with Crippen LogP contribution in [0.2, 0.25) is 0 Å². The number of sulfonamides is 1. The molecule has 0 aliphatic heterocycles. The van der Waals surface area contributed by atoms with Crippen molar-refractivity contribution in [1.29, 1.82) is 0 Å². The Kier molecular flexibility index (Phi) is 3.97. The Bertz CT molecular complexity index is 1100. The number of carbonyl (C=O) groups is 1. The normalized spacial score (nSPS) is 14.5. The van der Waals surface area contributed by atoms with Crippen LogP contribution in [-0.2, 0) is 10.0 Å². The molecule has 1 aromatic carbocycles. The summed E-state index contributed by atoms with van der Waals surface area (Å²) in [5.41, 5.74) is 2.02. The molecule has 4 rings (SSSR count). The monoisotopic (exact) mass is 371 g/mol. The predicted molar refractivity (Wildman–Crippen MR) is 96.7 cm³/mol. The van der Waals surface area contributed by atoms with Gasteiger partial charge in [-0.3, -0.25) is 4.79 Å². The summed E-state index contributed by atoms with van der Waals surface area (Å²) in [4.78, 5) is 16.0. The number of benzene rings is 1. The van der Waals surface area contributed by atoms with E-state index in [0.717, 1.165) is 18.7 Å². The van der Waals surface area contributed by atoms with Crippen LogP contribution in [0.15, 0.2) is 41.4 Å². The number of aldehydes is 1. The second kappa shape index (κ2) is 6.19. The molecule has 3 aromatic rings. The minimum atomic E-state index is -3.56. The standard InChI is InChI=1S/C17H17N5O3S/c1-18-26(24,25)14-4-2-3-11(7-14)15-8-16(20-13-5-6-13)22-17(21-15)12(10-23)9-19-22/h2-4,7-10,13,18,20H,5-6H2,1H3. The predicted octanol–water partition coefficient (Wildman–Crippen LogP) is 1.69. The highest BCUT2D eigenvalue weighted by atomic mass is 32.2. The van der Waals surface area contributed by atoms with Crippen LogP contribution in [0.5, 0.6) is 0 Å². The molecule has 2 N–H and O–H groups in total. The van der Waals surface area contributed by atoms with Gasteiger partial charge >= 0.3 is 0 Å². The third kappa shape index (κ3) is 2.95. The zero-order valence-corrected chi connectivity index (χ0v) is 14.8. The smallest absolute Gasteiger partial charge is 0.240 e. The number of carbonyl (C=O) groups excluding carboxylic acids is 1. The number of anilines is 1. The molecule has 1 aliphatic carbocycles. The number of fused-ring (bicyclic) bond motifs is 1. The summed E-state index contributed by atoms with van der Waals surface area (Å²) in [6.07, 6.45) is 4.34. The minimum Gasteiger partial charge on any atom is -0.367 e. The molecule has 2 aromatic heterocycles. The molecular formula is C17H17N5O3S. The average Bonchev–Trinajstić information content (AvgIpc) is 3.37. The van der Waals surface area contributed by atoms with Crippen molar-refractivity contribution in [2.45, 2.75) is 23.8 Å². The molecule has 0 unspecified atom stereocenters. The molecule has 0 amide bonds. The van der Waals surface area contributed by atoms with Crippen molar-refractivity contribution in [3.05, 3.63) is 42.1 Å². The Morgan fingerprint density at radius 2 is 2.08 bits per heavy atom. The van der Waals surface area contributed by atoms with Crippen LogP contribution in [-0.4, -0.2) is 42.4 Å². The van der Waals surface area contributed by atoms with Gasteiger partial charge in [0.15, 0.2) is 11.9 Å². The van der Waals surface area contributed by atoms with E-state index in [4.69, 9.17) is 0 Å². The summed E-state index contributed by atoms with van der Waals surface area (Å²) in [6, 6.07) is 8.73. The number of rotatable bonds is 6. The second-order valence-corrected chi connectivity index (χ2v) is 8.02. The molecule has 0 radical (unpaired) electrons. The number of hydrogen-bond donors (Lipinski definition) is 2. The average molecular weight is 371 g/mol. The lowest BCUT2D eigenvalue weighted by Crippen LogP contribution is -2.18. The second-order valence-electron chi connectivity index (χ2n) is 6.13. The first kappa shape index (κ1) is 16.7. The van der Waals surface area contributed by atoms with Crippen LogP contribution in [0, 0.1) is 0 Å². The van der Waals surface area contributed by atoms with Gasteiger partial charge in [0.1, 0.15) is 5.82 Å². The van der Waals surface area contributed by atoms with E-state index in [1.807, 2.05) is 6.07 Å². The Balaban J connectivity index is 1.88. The Morgan fingerprint density at radius 1 is 1.27 bits per heavy atom. The van der Waals surface area contributed by atoms with Gasteiger partial charge in [-0.25, -0.2) is 18.1 Å². The lowest BCUT2D eigenvalue weighted by atomic mass is 10.1. The van der Waals surface area contributed by atoms with Crippen LogP contribution < -0.4 is 10.0 Å². The largest absolute Gasteiger partial charge is 0.367 e. The fourth-order valence-electron chi connectivity index (χ4n) is 2.69. The molecule has 0 saturated heterocycles. The minimum absolute atomic E-state index is 0.153. The quantitative estimate of drug-likeness (QED) is 0.639. The topological polar surface area (TPSA) is 105 Å². The first-order valence-electron chi connectivity index (χ1n) is 8.16. The highest BCUT2D eigenvalue weighted by Crippen LogP contribution is 2.29. The summed E-state index contributed by atoms with van der Waals surface area (Å²) in [5.74, 6) is 0.725. The van der Waals surface area contributed by atoms with Crippen LogP contribution in [0.4, 0.5) is 5.82 Å². The summed E-state index contributed by atoms with van der Waals surface area (Å²) in [7, 11) is -2.19. The van der Waals surface area contributed by atoms with Crippen molar-refractivity contribution >= 4 is 27.8 Å². The van der Waals surface area contributed by atoms with Gasteiger partial charge < -0.3 is 5.32 Å². The number of nitrogens with zero attached hydrogens (tertiary/aromatic N) is 3. The highest BCUT2D eigenvalue weighted by molar-refractivity contribution is 7.89. The van der Waals surface area contributed by atoms with Crippen molar-refractivity contribution < 1.29 is 13.2 Å².